The second-order valence-electron chi connectivity index (χ2n) is 9.05. The van der Waals surface area contributed by atoms with Gasteiger partial charge in [0.1, 0.15) is 32.2 Å². The Morgan fingerprint density at radius 1 is 0.797 bits per heavy atom. The molecule has 0 aliphatic rings. The molecule has 0 amide bonds. The van der Waals surface area contributed by atoms with Crippen molar-refractivity contribution in [2.45, 2.75) is 9.79 Å². The van der Waals surface area contributed by atoms with E-state index >= 15 is 0 Å². The smallest absolute Gasteiger partial charge is 0.746 e. The third kappa shape index (κ3) is 23.9. The molecule has 0 saturated carbocycles. The number of aromatic hydroxyl groups is 2. The number of sulfone groups is 1. The summed E-state index contributed by atoms with van der Waals surface area (Å²) in [6, 6.07) is 15.7. The molecule has 23 nitrogen and oxygen atoms in total. The second-order valence-corrected chi connectivity index (χ2v) is 14.2. The molecule has 59 heavy (non-hydrogen) atoms. The van der Waals surface area contributed by atoms with E-state index < -0.39 is 68.0 Å². The van der Waals surface area contributed by atoms with Crippen LogP contribution in [0, 0.1) is 19.1 Å². The van der Waals surface area contributed by atoms with Crippen molar-refractivity contribution in [3.05, 3.63) is 67.6 Å². The Morgan fingerprint density at radius 2 is 1.31 bits per heavy atom. The van der Waals surface area contributed by atoms with Crippen LogP contribution in [0.25, 0.3) is 10.8 Å². The Balaban J connectivity index is -0.000000473. The number of ether oxygens (including phenoxy) is 1. The maximum atomic E-state index is 12.2. The van der Waals surface area contributed by atoms with E-state index in [4.69, 9.17) is 47.5 Å². The third-order valence-electron chi connectivity index (χ3n) is 5.77. The summed E-state index contributed by atoms with van der Waals surface area (Å²) < 4.78 is 148. The molecule has 0 bridgehead atoms. The molecule has 0 heterocycles. The molecule has 0 unspecified atom stereocenters. The largest absolute Gasteiger partial charge is 1.00 e. The van der Waals surface area contributed by atoms with Gasteiger partial charge in [0.25, 0.3) is 0 Å². The van der Waals surface area contributed by atoms with Crippen molar-refractivity contribution in [1.82, 2.24) is 0 Å². The van der Waals surface area contributed by atoms with Crippen molar-refractivity contribution < 1.29 is 214 Å². The van der Waals surface area contributed by atoms with Crippen LogP contribution in [-0.2, 0) is 68.6 Å². The van der Waals surface area contributed by atoms with Gasteiger partial charge in [-0.25, -0.2) is 30.4 Å². The first-order valence-electron chi connectivity index (χ1n) is 13.2. The number of methoxy groups -OCH3 is 1. The monoisotopic (exact) mass is 1010 g/mol. The van der Waals surface area contributed by atoms with Gasteiger partial charge in [-0.2, -0.15) is 40.6 Å². The summed E-state index contributed by atoms with van der Waals surface area (Å²) in [5.41, 5.74) is 0.181. The number of benzene rings is 4. The van der Waals surface area contributed by atoms with Crippen molar-refractivity contribution in [2.75, 3.05) is 25.2 Å². The zero-order valence-electron chi connectivity index (χ0n) is 31.1. The molecule has 1 radical (unpaired) electrons. The van der Waals surface area contributed by atoms with Crippen molar-refractivity contribution >= 4 is 90.8 Å². The summed E-state index contributed by atoms with van der Waals surface area (Å²) in [7, 11) is -16.9. The van der Waals surface area contributed by atoms with Crippen LogP contribution in [0.1, 0.15) is 0 Å². The molecule has 305 valence electrons. The Hall–Kier alpha value is -0.971. The molecule has 4 aromatic rings. The minimum Gasteiger partial charge on any atom is -0.746 e. The molecule has 4 N–H and O–H groups in total. The van der Waals surface area contributed by atoms with E-state index in [9.17, 15) is 31.6 Å². The molecular formula is C26H22CuN5Na4O18S5-. The first kappa shape index (κ1) is 67.1. The van der Waals surface area contributed by atoms with Crippen LogP contribution in [0.15, 0.2) is 78.8 Å². The Bertz CT molecular complexity index is 2610. The van der Waals surface area contributed by atoms with E-state index in [2.05, 4.69) is 44.8 Å². The summed E-state index contributed by atoms with van der Waals surface area (Å²) >= 11 is 0. The molecule has 0 aliphatic carbocycles. The predicted molar refractivity (Wildman–Crippen MR) is 179 cm³/mol. The SMILES string of the molecule is O=S(=O)([O-])O.O=S(=O)=O.O=S(=O)=O.[CH2-]CS(=O)(=O)c1cc(O)c(N=Nc2[c-]cc3c(N=Nc4c[c-]ccc4S(=O)(=O)[O-])c(NC)ccc3c2O)cc1OC.[Cu].[Na+].[Na+].[Na+].[Na+]. The van der Waals surface area contributed by atoms with E-state index in [1.54, 1.807) is 19.2 Å². The molecule has 0 aromatic heterocycles. The van der Waals surface area contributed by atoms with Crippen molar-refractivity contribution in [2.24, 2.45) is 20.5 Å². The first-order valence-corrected chi connectivity index (χ1v) is 19.6. The van der Waals surface area contributed by atoms with Crippen LogP contribution >= 0.6 is 0 Å². The molecule has 0 atom stereocenters. The number of hydrogen-bond acceptors (Lipinski definition) is 22. The zero-order chi connectivity index (χ0) is 41.6. The predicted octanol–water partition coefficient (Wildman–Crippen LogP) is -9.75. The standard InChI is InChI=1S/C26H22N5O8S2.Cu.4Na.H2O4S.2O3S/c1-4-40(34,35)24-14-21(32)20(13-22(24)39-3)30-29-19-12-9-15-16(26(19)33)10-11-18(27-2)25(15)31-28-17-7-5-6-8-23(17)41(36,37)38;;;;;;1-5(2,3)4;2*1-4(2)3/h6-11,13-14,27,32-33H,1,4H2,2-3H3,(H,36,37,38);;;;;;(H2,1,2,3,4);;/q-3;;4*+1;;;/p-2. The number of azo groups is 2. The van der Waals surface area contributed by atoms with Crippen LogP contribution in [-0.4, -0.2) is 94.3 Å². The summed E-state index contributed by atoms with van der Waals surface area (Å²) in [6.07, 6.45) is 0. The number of rotatable bonds is 9. The Kier molecular flexibility index (Phi) is 35.2. The fourth-order valence-corrected chi connectivity index (χ4v) is 5.27. The van der Waals surface area contributed by atoms with Crippen molar-refractivity contribution in [3.8, 4) is 17.2 Å². The van der Waals surface area contributed by atoms with Gasteiger partial charge in [0, 0.05) is 53.4 Å². The number of hydrogen-bond donors (Lipinski definition) is 4. The second kappa shape index (κ2) is 31.0. The van der Waals surface area contributed by atoms with Gasteiger partial charge in [0.2, 0.25) is 10.4 Å². The Labute approximate surface area is 439 Å². The van der Waals surface area contributed by atoms with Gasteiger partial charge in [0.15, 0.2) is 9.84 Å². The zero-order valence-corrected chi connectivity index (χ0v) is 44.2. The molecule has 4 rings (SSSR count). The van der Waals surface area contributed by atoms with E-state index in [1.807, 2.05) is 0 Å². The van der Waals surface area contributed by atoms with Gasteiger partial charge in [-0.3, -0.25) is 4.55 Å². The average Bonchev–Trinajstić information content (AvgIpc) is 3.05. The van der Waals surface area contributed by atoms with Crippen LogP contribution in [0.3, 0.4) is 0 Å². The molecule has 0 aliphatic heterocycles. The number of nitrogens with zero attached hydrogens (tertiary/aromatic N) is 4. The van der Waals surface area contributed by atoms with Crippen LogP contribution in [0.5, 0.6) is 17.2 Å². The number of phenols is 2. The topological polar surface area (TPSA) is 382 Å². The summed E-state index contributed by atoms with van der Waals surface area (Å²) in [4.78, 5) is -0.831. The quantitative estimate of drug-likeness (QED) is 0.0398. The molecule has 0 saturated heterocycles. The molecule has 0 spiro atoms. The molecular weight excluding hydrogens is 986 g/mol. The van der Waals surface area contributed by atoms with Crippen LogP contribution in [0.2, 0.25) is 0 Å². The van der Waals surface area contributed by atoms with Crippen LogP contribution in [0.4, 0.5) is 28.4 Å². The first-order chi connectivity index (χ1) is 24.9. The minimum absolute atomic E-state index is 0. The number of phenolic OH excluding ortho intramolecular Hbond substituents is 2. The normalized spacial score (nSPS) is 10.4. The van der Waals surface area contributed by atoms with Crippen molar-refractivity contribution in [3.63, 3.8) is 0 Å². The summed E-state index contributed by atoms with van der Waals surface area (Å²) in [5.74, 6) is -1.39. The summed E-state index contributed by atoms with van der Waals surface area (Å²) in [5, 5.41) is 40.7. The van der Waals surface area contributed by atoms with E-state index in [1.165, 1.54) is 31.4 Å². The number of anilines is 1. The van der Waals surface area contributed by atoms with Gasteiger partial charge in [-0.15, -0.1) is 36.4 Å². The average molecular weight is 1010 g/mol. The molecule has 33 heteroatoms. The van der Waals surface area contributed by atoms with Gasteiger partial charge in [0.05, 0.1) is 12.8 Å². The van der Waals surface area contributed by atoms with Gasteiger partial charge >= 0.3 is 139 Å². The fraction of sp³-hybridized carbons (Fsp3) is 0.115. The van der Waals surface area contributed by atoms with Crippen LogP contribution < -0.4 is 128 Å². The molecule has 0 fully saturated rings. The van der Waals surface area contributed by atoms with Gasteiger partial charge < -0.3 is 36.3 Å². The van der Waals surface area contributed by atoms with E-state index in [0.717, 1.165) is 12.1 Å². The number of fused-ring (bicyclic) bond motifs is 1. The van der Waals surface area contributed by atoms with Crippen molar-refractivity contribution in [1.29, 1.82) is 0 Å². The molecule has 4 aromatic carbocycles. The van der Waals surface area contributed by atoms with Gasteiger partial charge in [-0.05, 0) is 16.6 Å². The van der Waals surface area contributed by atoms with E-state index in [-0.39, 0.29) is 180 Å². The Morgan fingerprint density at radius 3 is 1.76 bits per heavy atom. The van der Waals surface area contributed by atoms with E-state index in [0.29, 0.717) is 11.1 Å². The minimum atomic E-state index is -4.92. The fourth-order valence-electron chi connectivity index (χ4n) is 3.72. The maximum absolute atomic E-state index is 12.2. The summed E-state index contributed by atoms with van der Waals surface area (Å²) in [6.45, 7) is 3.38. The third-order valence-corrected chi connectivity index (χ3v) is 8.18. The number of nitrogens with one attached hydrogen (secondary N) is 1. The maximum Gasteiger partial charge on any atom is 1.00 e. The van der Waals surface area contributed by atoms with Gasteiger partial charge in [-0.1, -0.05) is 22.6 Å².